The van der Waals surface area contributed by atoms with E-state index < -0.39 is 6.09 Å². The van der Waals surface area contributed by atoms with Gasteiger partial charge in [-0.15, -0.1) is 0 Å². The summed E-state index contributed by atoms with van der Waals surface area (Å²) in [7, 11) is 0. The van der Waals surface area contributed by atoms with Crippen molar-refractivity contribution in [1.29, 1.82) is 0 Å². The standard InChI is InChI=1S/C15H11ClN2O4/c16-10-3-1-2-9(6-10)11-4-8(7-19)5-12-13(11)17-14(22-12)18-15(20)21/h1-6,19H,7H2,(H,17,18)(H,20,21). The highest BCUT2D eigenvalue weighted by Gasteiger charge is 2.14. The predicted octanol–water partition coefficient (Wildman–Crippen LogP) is 3.73. The second kappa shape index (κ2) is 5.67. The summed E-state index contributed by atoms with van der Waals surface area (Å²) in [6.07, 6.45) is -1.27. The number of fused-ring (bicyclic) bond motifs is 1. The number of benzene rings is 2. The summed E-state index contributed by atoms with van der Waals surface area (Å²) in [5.41, 5.74) is 2.99. The summed E-state index contributed by atoms with van der Waals surface area (Å²) in [4.78, 5) is 14.9. The molecular weight excluding hydrogens is 308 g/mol. The number of carboxylic acid groups (broad SMARTS) is 1. The van der Waals surface area contributed by atoms with Crippen molar-refractivity contribution in [2.24, 2.45) is 0 Å². The Balaban J connectivity index is 2.22. The Morgan fingerprint density at radius 1 is 1.32 bits per heavy atom. The van der Waals surface area contributed by atoms with Gasteiger partial charge in [0.25, 0.3) is 0 Å². The molecule has 0 bridgehead atoms. The number of anilines is 1. The van der Waals surface area contributed by atoms with E-state index in [1.807, 2.05) is 6.07 Å². The number of hydrogen-bond donors (Lipinski definition) is 3. The third kappa shape index (κ3) is 2.74. The van der Waals surface area contributed by atoms with Crippen molar-refractivity contribution in [2.75, 3.05) is 5.32 Å². The fraction of sp³-hybridized carbons (Fsp3) is 0.0667. The van der Waals surface area contributed by atoms with Crippen LogP contribution in [0.1, 0.15) is 5.56 Å². The van der Waals surface area contributed by atoms with Gasteiger partial charge in [0.2, 0.25) is 0 Å². The molecule has 0 radical (unpaired) electrons. The Kier molecular flexibility index (Phi) is 3.70. The lowest BCUT2D eigenvalue weighted by molar-refractivity contribution is 0.209. The van der Waals surface area contributed by atoms with Gasteiger partial charge in [-0.25, -0.2) is 10.1 Å². The fourth-order valence-corrected chi connectivity index (χ4v) is 2.39. The molecule has 0 atom stereocenters. The Labute approximate surface area is 130 Å². The van der Waals surface area contributed by atoms with Gasteiger partial charge < -0.3 is 14.6 Å². The van der Waals surface area contributed by atoms with E-state index in [0.717, 1.165) is 5.56 Å². The van der Waals surface area contributed by atoms with Crippen LogP contribution in [-0.2, 0) is 6.61 Å². The number of aliphatic hydroxyl groups is 1. The van der Waals surface area contributed by atoms with Gasteiger partial charge in [-0.2, -0.15) is 4.98 Å². The summed E-state index contributed by atoms with van der Waals surface area (Å²) < 4.78 is 5.37. The lowest BCUT2D eigenvalue weighted by Gasteiger charge is -2.05. The van der Waals surface area contributed by atoms with Crippen molar-refractivity contribution in [3.8, 4) is 11.1 Å². The molecule has 0 spiro atoms. The number of aromatic nitrogens is 1. The van der Waals surface area contributed by atoms with E-state index >= 15 is 0 Å². The summed E-state index contributed by atoms with van der Waals surface area (Å²) in [5.74, 6) is 0. The smallest absolute Gasteiger partial charge is 0.412 e. The van der Waals surface area contributed by atoms with Gasteiger partial charge in [-0.3, -0.25) is 0 Å². The topological polar surface area (TPSA) is 95.6 Å². The summed E-state index contributed by atoms with van der Waals surface area (Å²) >= 11 is 6.01. The Bertz CT molecular complexity index is 860. The molecule has 3 N–H and O–H groups in total. The second-order valence-electron chi connectivity index (χ2n) is 4.61. The molecule has 1 amide bonds. The molecule has 3 rings (SSSR count). The van der Waals surface area contributed by atoms with E-state index in [1.165, 1.54) is 0 Å². The van der Waals surface area contributed by atoms with Crippen LogP contribution in [0.5, 0.6) is 0 Å². The molecule has 7 heteroatoms. The van der Waals surface area contributed by atoms with Crippen molar-refractivity contribution >= 4 is 34.8 Å². The van der Waals surface area contributed by atoms with E-state index in [9.17, 15) is 9.90 Å². The third-order valence-electron chi connectivity index (χ3n) is 3.09. The number of nitrogens with one attached hydrogen (secondary N) is 1. The summed E-state index contributed by atoms with van der Waals surface area (Å²) in [6.45, 7) is -0.175. The minimum atomic E-state index is -1.27. The first-order valence-electron chi connectivity index (χ1n) is 6.37. The lowest BCUT2D eigenvalue weighted by atomic mass is 10.0. The second-order valence-corrected chi connectivity index (χ2v) is 5.04. The van der Waals surface area contributed by atoms with E-state index in [0.29, 0.717) is 27.2 Å². The van der Waals surface area contributed by atoms with Crippen molar-refractivity contribution in [3.63, 3.8) is 0 Å². The SMILES string of the molecule is O=C(O)Nc1nc2c(-c3cccc(Cl)c3)cc(CO)cc2o1. The van der Waals surface area contributed by atoms with Crippen LogP contribution in [0.3, 0.4) is 0 Å². The molecule has 2 aromatic carbocycles. The molecule has 0 aliphatic heterocycles. The molecule has 0 fully saturated rings. The van der Waals surface area contributed by atoms with E-state index in [1.54, 1.807) is 30.3 Å². The van der Waals surface area contributed by atoms with Crippen molar-refractivity contribution in [1.82, 2.24) is 4.98 Å². The molecule has 3 aromatic rings. The quantitative estimate of drug-likeness (QED) is 0.684. The number of nitrogens with zero attached hydrogens (tertiary/aromatic N) is 1. The van der Waals surface area contributed by atoms with Gasteiger partial charge in [0, 0.05) is 10.6 Å². The number of aliphatic hydroxyl groups excluding tert-OH is 1. The van der Waals surface area contributed by atoms with Crippen LogP contribution in [0.2, 0.25) is 5.02 Å². The van der Waals surface area contributed by atoms with Gasteiger partial charge in [0.15, 0.2) is 5.58 Å². The fourth-order valence-electron chi connectivity index (χ4n) is 2.20. The van der Waals surface area contributed by atoms with Crippen LogP contribution in [0, 0.1) is 0 Å². The number of halogens is 1. The lowest BCUT2D eigenvalue weighted by Crippen LogP contribution is -2.06. The molecule has 1 aromatic heterocycles. The Hall–Kier alpha value is -2.57. The largest absolute Gasteiger partial charge is 0.465 e. The van der Waals surface area contributed by atoms with Gasteiger partial charge in [-0.05, 0) is 35.4 Å². The molecule has 112 valence electrons. The minimum absolute atomic E-state index is 0.124. The zero-order valence-electron chi connectivity index (χ0n) is 11.2. The molecule has 0 aliphatic carbocycles. The van der Waals surface area contributed by atoms with Crippen LogP contribution in [0.4, 0.5) is 10.8 Å². The predicted molar refractivity (Wildman–Crippen MR) is 82.0 cm³/mol. The highest BCUT2D eigenvalue weighted by atomic mass is 35.5. The first kappa shape index (κ1) is 14.4. The molecule has 6 nitrogen and oxygen atoms in total. The van der Waals surface area contributed by atoms with Gasteiger partial charge >= 0.3 is 12.1 Å². The molecule has 0 saturated carbocycles. The van der Waals surface area contributed by atoms with Gasteiger partial charge in [-0.1, -0.05) is 23.7 Å². The first-order chi connectivity index (χ1) is 10.6. The van der Waals surface area contributed by atoms with E-state index in [2.05, 4.69) is 10.3 Å². The summed E-state index contributed by atoms with van der Waals surface area (Å²) in [5, 5.41) is 20.8. The van der Waals surface area contributed by atoms with Gasteiger partial charge in [0.1, 0.15) is 5.52 Å². The zero-order chi connectivity index (χ0) is 15.7. The molecule has 1 heterocycles. The summed E-state index contributed by atoms with van der Waals surface area (Å²) in [6, 6.07) is 10.4. The number of carbonyl (C=O) groups is 1. The van der Waals surface area contributed by atoms with Crippen LogP contribution in [0.15, 0.2) is 40.8 Å². The molecule has 0 aliphatic rings. The normalized spacial score (nSPS) is 10.8. The highest BCUT2D eigenvalue weighted by Crippen LogP contribution is 2.32. The molecule has 0 unspecified atom stereocenters. The maximum Gasteiger partial charge on any atom is 0.412 e. The maximum atomic E-state index is 10.7. The molecular formula is C15H11ClN2O4. The average molecular weight is 319 g/mol. The Morgan fingerprint density at radius 2 is 2.14 bits per heavy atom. The molecule has 22 heavy (non-hydrogen) atoms. The number of hydrogen-bond acceptors (Lipinski definition) is 4. The Morgan fingerprint density at radius 3 is 2.82 bits per heavy atom. The van der Waals surface area contributed by atoms with Crippen molar-refractivity contribution < 1.29 is 19.4 Å². The number of amides is 1. The monoisotopic (exact) mass is 318 g/mol. The van der Waals surface area contributed by atoms with Crippen LogP contribution < -0.4 is 5.32 Å². The molecule has 0 saturated heterocycles. The van der Waals surface area contributed by atoms with Gasteiger partial charge in [0.05, 0.1) is 6.61 Å². The van der Waals surface area contributed by atoms with E-state index in [-0.39, 0.29) is 12.6 Å². The number of rotatable bonds is 3. The minimum Gasteiger partial charge on any atom is -0.465 e. The van der Waals surface area contributed by atoms with Crippen molar-refractivity contribution in [2.45, 2.75) is 6.61 Å². The zero-order valence-corrected chi connectivity index (χ0v) is 12.0. The van der Waals surface area contributed by atoms with Crippen LogP contribution in [-0.4, -0.2) is 21.3 Å². The van der Waals surface area contributed by atoms with Crippen molar-refractivity contribution in [3.05, 3.63) is 47.0 Å². The van der Waals surface area contributed by atoms with Crippen LogP contribution >= 0.6 is 11.6 Å². The first-order valence-corrected chi connectivity index (χ1v) is 6.75. The van der Waals surface area contributed by atoms with Crippen LogP contribution in [0.25, 0.3) is 22.2 Å². The third-order valence-corrected chi connectivity index (χ3v) is 3.32. The average Bonchev–Trinajstić information content (AvgIpc) is 2.87. The van der Waals surface area contributed by atoms with E-state index in [4.69, 9.17) is 21.1 Å². The highest BCUT2D eigenvalue weighted by molar-refractivity contribution is 6.30. The maximum absolute atomic E-state index is 10.7. The number of oxazole rings is 1.